The second-order valence-electron chi connectivity index (χ2n) is 6.36. The van der Waals surface area contributed by atoms with E-state index in [1.165, 1.54) is 0 Å². The minimum absolute atomic E-state index is 0.0689. The topological polar surface area (TPSA) is 73.1 Å². The number of aliphatic hydroxyl groups is 1. The molecule has 0 spiro atoms. The molecule has 4 heteroatoms. The van der Waals surface area contributed by atoms with E-state index in [0.717, 1.165) is 6.42 Å². The summed E-state index contributed by atoms with van der Waals surface area (Å²) >= 11 is 0. The fourth-order valence-corrected chi connectivity index (χ4v) is 3.69. The number of nitrogens with zero attached hydrogens (tertiary/aromatic N) is 1. The molecular weight excluding hydrogens is 228 g/mol. The lowest BCUT2D eigenvalue weighted by Crippen LogP contribution is -2.47. The van der Waals surface area contributed by atoms with Gasteiger partial charge in [-0.3, -0.25) is 4.79 Å². The molecule has 98 valence electrons. The van der Waals surface area contributed by atoms with Crippen LogP contribution in [0.3, 0.4) is 0 Å². The Labute approximate surface area is 108 Å². The minimum atomic E-state index is -0.440. The van der Waals surface area contributed by atoms with Gasteiger partial charge in [0.05, 0.1) is 11.6 Å². The first-order valence-corrected chi connectivity index (χ1v) is 6.40. The summed E-state index contributed by atoms with van der Waals surface area (Å²) in [6.45, 7) is 6.63. The van der Waals surface area contributed by atoms with Crippen molar-refractivity contribution in [3.8, 4) is 6.07 Å². The lowest BCUT2D eigenvalue weighted by atomic mass is 9.56. The van der Waals surface area contributed by atoms with Gasteiger partial charge in [0.1, 0.15) is 5.76 Å². The van der Waals surface area contributed by atoms with Crippen molar-refractivity contribution in [3.05, 3.63) is 11.3 Å². The minimum Gasteiger partial charge on any atom is -0.511 e. The van der Waals surface area contributed by atoms with Gasteiger partial charge in [0.15, 0.2) is 0 Å². The van der Waals surface area contributed by atoms with Crippen molar-refractivity contribution < 1.29 is 9.90 Å². The van der Waals surface area contributed by atoms with Crippen LogP contribution in [0, 0.1) is 28.1 Å². The molecule has 2 rings (SSSR count). The predicted octanol–water partition coefficient (Wildman–Crippen LogP) is 2.28. The van der Waals surface area contributed by atoms with E-state index in [0.29, 0.717) is 25.0 Å². The van der Waals surface area contributed by atoms with Gasteiger partial charge in [-0.25, -0.2) is 0 Å². The Morgan fingerprint density at radius 3 is 2.72 bits per heavy atom. The highest BCUT2D eigenvalue weighted by Crippen LogP contribution is 2.54. The average molecular weight is 248 g/mol. The van der Waals surface area contributed by atoms with E-state index < -0.39 is 5.41 Å². The molecular formula is C14H20N2O2. The van der Waals surface area contributed by atoms with Crippen LogP contribution in [0.25, 0.3) is 0 Å². The van der Waals surface area contributed by atoms with E-state index in [9.17, 15) is 9.90 Å². The molecule has 1 fully saturated rings. The van der Waals surface area contributed by atoms with Gasteiger partial charge in [-0.2, -0.15) is 5.26 Å². The van der Waals surface area contributed by atoms with Crippen LogP contribution in [-0.4, -0.2) is 17.6 Å². The Morgan fingerprint density at radius 2 is 2.11 bits per heavy atom. The number of carbonyl (C=O) groups is 1. The number of nitriles is 1. The molecule has 0 aromatic rings. The first kappa shape index (κ1) is 12.9. The molecule has 18 heavy (non-hydrogen) atoms. The summed E-state index contributed by atoms with van der Waals surface area (Å²) in [4.78, 5) is 11.6. The summed E-state index contributed by atoms with van der Waals surface area (Å²) < 4.78 is 0. The maximum absolute atomic E-state index is 11.6. The molecule has 2 aliphatic rings. The summed E-state index contributed by atoms with van der Waals surface area (Å²) in [7, 11) is 0. The number of fused-ring (bicyclic) bond motifs is 1. The lowest BCUT2D eigenvalue weighted by molar-refractivity contribution is -0.120. The Bertz CT molecular complexity index is 459. The van der Waals surface area contributed by atoms with Crippen molar-refractivity contribution in [1.29, 1.82) is 5.26 Å². The van der Waals surface area contributed by atoms with Crippen LogP contribution >= 0.6 is 0 Å². The Hall–Kier alpha value is -1.50. The van der Waals surface area contributed by atoms with Gasteiger partial charge in [0.2, 0.25) is 5.91 Å². The number of hydrogen-bond donors (Lipinski definition) is 2. The Balaban J connectivity index is 2.48. The quantitative estimate of drug-likeness (QED) is 0.690. The third-order valence-corrected chi connectivity index (χ3v) is 4.67. The normalized spacial score (nSPS) is 35.2. The van der Waals surface area contributed by atoms with Crippen molar-refractivity contribution in [2.24, 2.45) is 16.7 Å². The van der Waals surface area contributed by atoms with Gasteiger partial charge in [0.25, 0.3) is 0 Å². The number of allylic oxidation sites excluding steroid dienone is 2. The Morgan fingerprint density at radius 1 is 1.44 bits per heavy atom. The summed E-state index contributed by atoms with van der Waals surface area (Å²) in [5.41, 5.74) is -0.118. The fraction of sp³-hybridized carbons (Fsp3) is 0.714. The van der Waals surface area contributed by atoms with Crippen LogP contribution in [-0.2, 0) is 4.79 Å². The van der Waals surface area contributed by atoms with E-state index in [-0.39, 0.29) is 23.0 Å². The van der Waals surface area contributed by atoms with Crippen molar-refractivity contribution in [1.82, 2.24) is 5.32 Å². The van der Waals surface area contributed by atoms with Crippen LogP contribution in [0.15, 0.2) is 11.3 Å². The van der Waals surface area contributed by atoms with E-state index in [4.69, 9.17) is 5.26 Å². The molecule has 0 bridgehead atoms. The van der Waals surface area contributed by atoms with E-state index >= 15 is 0 Å². The number of rotatable bonds is 0. The third-order valence-electron chi connectivity index (χ3n) is 4.67. The molecule has 0 aromatic heterocycles. The fourth-order valence-electron chi connectivity index (χ4n) is 3.69. The van der Waals surface area contributed by atoms with Gasteiger partial charge in [-0.1, -0.05) is 20.8 Å². The van der Waals surface area contributed by atoms with Crippen LogP contribution < -0.4 is 5.32 Å². The second-order valence-corrected chi connectivity index (χ2v) is 6.36. The third kappa shape index (κ3) is 1.78. The predicted molar refractivity (Wildman–Crippen MR) is 67.5 cm³/mol. The number of carbonyl (C=O) groups excluding carboxylic acids is 1. The average Bonchev–Trinajstić information content (AvgIpc) is 2.45. The van der Waals surface area contributed by atoms with Crippen LogP contribution in [0.5, 0.6) is 0 Å². The molecule has 1 saturated heterocycles. The second kappa shape index (κ2) is 4.01. The molecule has 2 atom stereocenters. The molecule has 0 aromatic carbocycles. The summed E-state index contributed by atoms with van der Waals surface area (Å²) in [5, 5.41) is 22.4. The summed E-state index contributed by atoms with van der Waals surface area (Å²) in [5.74, 6) is 0.488. The highest BCUT2D eigenvalue weighted by Gasteiger charge is 2.51. The molecule has 0 radical (unpaired) electrons. The first-order chi connectivity index (χ1) is 8.31. The van der Waals surface area contributed by atoms with Gasteiger partial charge in [-0.05, 0) is 24.2 Å². The van der Waals surface area contributed by atoms with Gasteiger partial charge in [0, 0.05) is 18.4 Å². The molecule has 2 N–H and O–H groups in total. The summed E-state index contributed by atoms with van der Waals surface area (Å²) in [6, 6.07) is 2.12. The maximum atomic E-state index is 11.6. The Kier molecular flexibility index (Phi) is 2.89. The van der Waals surface area contributed by atoms with Crippen LogP contribution in [0.4, 0.5) is 0 Å². The SMILES string of the molecule is CC1(C)C(O)=C(C#N)C[C@]2(C)CNC(=O)CC[C@@H]12. The smallest absolute Gasteiger partial charge is 0.220 e. The molecule has 1 amide bonds. The number of hydrogen-bond acceptors (Lipinski definition) is 3. The van der Waals surface area contributed by atoms with E-state index in [1.807, 2.05) is 13.8 Å². The zero-order valence-electron chi connectivity index (χ0n) is 11.2. The highest BCUT2D eigenvalue weighted by atomic mass is 16.3. The maximum Gasteiger partial charge on any atom is 0.220 e. The van der Waals surface area contributed by atoms with Gasteiger partial charge < -0.3 is 10.4 Å². The first-order valence-electron chi connectivity index (χ1n) is 6.40. The van der Waals surface area contributed by atoms with Gasteiger partial charge >= 0.3 is 0 Å². The molecule has 0 saturated carbocycles. The molecule has 1 heterocycles. The van der Waals surface area contributed by atoms with Crippen molar-refractivity contribution in [2.45, 2.75) is 40.0 Å². The monoisotopic (exact) mass is 248 g/mol. The van der Waals surface area contributed by atoms with Crippen LogP contribution in [0.1, 0.15) is 40.0 Å². The molecule has 1 aliphatic carbocycles. The summed E-state index contributed by atoms with van der Waals surface area (Å²) in [6.07, 6.45) is 1.81. The zero-order valence-corrected chi connectivity index (χ0v) is 11.2. The van der Waals surface area contributed by atoms with E-state index in [2.05, 4.69) is 18.3 Å². The largest absolute Gasteiger partial charge is 0.511 e. The van der Waals surface area contributed by atoms with Crippen molar-refractivity contribution >= 4 is 5.91 Å². The van der Waals surface area contributed by atoms with Crippen molar-refractivity contribution in [3.63, 3.8) is 0 Å². The number of nitrogens with one attached hydrogen (secondary N) is 1. The lowest BCUT2D eigenvalue weighted by Gasteiger charge is -2.49. The van der Waals surface area contributed by atoms with Crippen molar-refractivity contribution in [2.75, 3.05) is 6.54 Å². The van der Waals surface area contributed by atoms with E-state index in [1.54, 1.807) is 0 Å². The highest BCUT2D eigenvalue weighted by molar-refractivity contribution is 5.76. The zero-order chi connectivity index (χ0) is 13.6. The molecule has 0 unspecified atom stereocenters. The number of amides is 1. The standard InChI is InChI=1S/C14H20N2O2/c1-13(2)10-4-5-11(17)16-8-14(10,3)6-9(7-15)12(13)18/h10,18H,4-6,8H2,1-3H3,(H,16,17)/t10-,14+/m0/s1. The molecule has 1 aliphatic heterocycles. The molecule has 4 nitrogen and oxygen atoms in total. The van der Waals surface area contributed by atoms with Gasteiger partial charge in [-0.15, -0.1) is 0 Å². The number of aliphatic hydroxyl groups excluding tert-OH is 1. The van der Waals surface area contributed by atoms with Crippen LogP contribution in [0.2, 0.25) is 0 Å².